The molecule has 0 saturated heterocycles. The molecule has 18 heavy (non-hydrogen) atoms. The summed E-state index contributed by atoms with van der Waals surface area (Å²) in [7, 11) is 0. The molecule has 98 valence electrons. The molecule has 2 rings (SSSR count). The number of halogens is 2. The molecule has 1 fully saturated rings. The van der Waals surface area contributed by atoms with Gasteiger partial charge in [0.15, 0.2) is 0 Å². The fraction of sp³-hybridized carbons (Fsp3) is 0.500. The van der Waals surface area contributed by atoms with Crippen LogP contribution in [0.25, 0.3) is 0 Å². The zero-order chi connectivity index (χ0) is 12.8. The highest BCUT2D eigenvalue weighted by atomic mass is 35.5. The van der Waals surface area contributed by atoms with Crippen LogP contribution in [0.1, 0.15) is 37.7 Å². The minimum absolute atomic E-state index is 0.717. The van der Waals surface area contributed by atoms with Crippen LogP contribution in [0.2, 0.25) is 5.02 Å². The van der Waals surface area contributed by atoms with Gasteiger partial charge in [0.05, 0.1) is 0 Å². The van der Waals surface area contributed by atoms with Crippen molar-refractivity contribution >= 4 is 23.2 Å². The molecule has 1 aromatic rings. The highest BCUT2D eigenvalue weighted by Gasteiger charge is 2.19. The fourth-order valence-electron chi connectivity index (χ4n) is 2.79. The first kappa shape index (κ1) is 14.0. The molecular weight excluding hydrogens is 263 g/mol. The molecule has 0 N–H and O–H groups in total. The maximum Gasteiger partial charge on any atom is 0.0406 e. The first-order chi connectivity index (χ1) is 8.78. The Morgan fingerprint density at radius 2 is 1.72 bits per heavy atom. The van der Waals surface area contributed by atoms with Gasteiger partial charge in [-0.3, -0.25) is 0 Å². The molecule has 0 aromatic heterocycles. The summed E-state index contributed by atoms with van der Waals surface area (Å²) >= 11 is 11.5. The Labute approximate surface area is 120 Å². The Hall–Kier alpha value is -0.460. The summed E-state index contributed by atoms with van der Waals surface area (Å²) in [5.74, 6) is 1.61. The Bertz CT molecular complexity index is 373. The monoisotopic (exact) mass is 282 g/mol. The minimum Gasteiger partial charge on any atom is -0.0933 e. The molecule has 0 atom stereocenters. The highest BCUT2D eigenvalue weighted by Crippen LogP contribution is 2.32. The summed E-state index contributed by atoms with van der Waals surface area (Å²) in [4.78, 5) is 0. The maximum atomic E-state index is 5.89. The van der Waals surface area contributed by atoms with Crippen molar-refractivity contribution in [2.24, 2.45) is 11.8 Å². The molecular formula is C16H20Cl2. The van der Waals surface area contributed by atoms with Crippen LogP contribution >= 0.6 is 23.2 Å². The smallest absolute Gasteiger partial charge is 0.0406 e. The van der Waals surface area contributed by atoms with Crippen molar-refractivity contribution in [3.8, 4) is 0 Å². The van der Waals surface area contributed by atoms with E-state index in [0.29, 0.717) is 5.92 Å². The second-order valence-electron chi connectivity index (χ2n) is 5.26. The summed E-state index contributed by atoms with van der Waals surface area (Å²) in [6, 6.07) is 8.26. The summed E-state index contributed by atoms with van der Waals surface area (Å²) in [5, 5.41) is 0.826. The van der Waals surface area contributed by atoms with Crippen molar-refractivity contribution in [3.63, 3.8) is 0 Å². The van der Waals surface area contributed by atoms with Crippen molar-refractivity contribution in [2.75, 3.05) is 0 Å². The maximum absolute atomic E-state index is 5.89. The van der Waals surface area contributed by atoms with Gasteiger partial charge >= 0.3 is 0 Å². The van der Waals surface area contributed by atoms with E-state index in [9.17, 15) is 0 Å². The van der Waals surface area contributed by atoms with E-state index < -0.39 is 0 Å². The predicted octanol–water partition coefficient (Wildman–Crippen LogP) is 5.83. The molecule has 0 heterocycles. The van der Waals surface area contributed by atoms with Gasteiger partial charge in [-0.1, -0.05) is 41.4 Å². The number of hydrogen-bond acceptors (Lipinski definition) is 0. The Balaban J connectivity index is 1.73. The van der Waals surface area contributed by atoms with Crippen LogP contribution in [0.4, 0.5) is 0 Å². The van der Waals surface area contributed by atoms with Crippen LogP contribution in [-0.4, -0.2) is 0 Å². The van der Waals surface area contributed by atoms with Gasteiger partial charge in [0.1, 0.15) is 0 Å². The summed E-state index contributed by atoms with van der Waals surface area (Å²) in [5.41, 5.74) is 3.08. The van der Waals surface area contributed by atoms with Crippen molar-refractivity contribution in [2.45, 2.75) is 38.5 Å². The van der Waals surface area contributed by atoms with E-state index in [4.69, 9.17) is 23.2 Å². The topological polar surface area (TPSA) is 0 Å². The van der Waals surface area contributed by atoms with Crippen molar-refractivity contribution < 1.29 is 0 Å². The molecule has 0 nitrogen and oxygen atoms in total. The summed E-state index contributed by atoms with van der Waals surface area (Å²) in [6.45, 7) is 0. The molecule has 1 aliphatic rings. The lowest BCUT2D eigenvalue weighted by Crippen LogP contribution is -2.13. The minimum atomic E-state index is 0.717. The molecule has 2 heteroatoms. The lowest BCUT2D eigenvalue weighted by atomic mass is 9.79. The van der Waals surface area contributed by atoms with E-state index in [-0.39, 0.29) is 0 Å². The van der Waals surface area contributed by atoms with Gasteiger partial charge in [0, 0.05) is 10.6 Å². The van der Waals surface area contributed by atoms with Gasteiger partial charge in [-0.2, -0.15) is 0 Å². The Kier molecular flexibility index (Phi) is 5.59. The molecule has 0 spiro atoms. The SMILES string of the molecule is ClC=CC1CCC(CCc2ccc(Cl)cc2)CC1. The van der Waals surface area contributed by atoms with Crippen LogP contribution in [0, 0.1) is 11.8 Å². The van der Waals surface area contributed by atoms with Crippen molar-refractivity contribution in [1.29, 1.82) is 0 Å². The molecule has 1 aromatic carbocycles. The zero-order valence-corrected chi connectivity index (χ0v) is 12.1. The van der Waals surface area contributed by atoms with Gasteiger partial charge < -0.3 is 0 Å². The number of rotatable bonds is 4. The zero-order valence-electron chi connectivity index (χ0n) is 10.6. The van der Waals surface area contributed by atoms with Gasteiger partial charge in [-0.05, 0) is 68.1 Å². The largest absolute Gasteiger partial charge is 0.0933 e. The van der Waals surface area contributed by atoms with Crippen molar-refractivity contribution in [1.82, 2.24) is 0 Å². The van der Waals surface area contributed by atoms with E-state index in [1.54, 1.807) is 5.54 Å². The number of hydrogen-bond donors (Lipinski definition) is 0. The molecule has 1 aliphatic carbocycles. The third-order valence-electron chi connectivity index (χ3n) is 3.99. The first-order valence-electron chi connectivity index (χ1n) is 6.79. The van der Waals surface area contributed by atoms with E-state index in [1.807, 2.05) is 12.1 Å². The highest BCUT2D eigenvalue weighted by molar-refractivity contribution is 6.30. The lowest BCUT2D eigenvalue weighted by Gasteiger charge is -2.26. The summed E-state index contributed by atoms with van der Waals surface area (Å²) in [6.07, 6.45) is 9.93. The van der Waals surface area contributed by atoms with E-state index in [2.05, 4.69) is 18.2 Å². The van der Waals surface area contributed by atoms with E-state index in [0.717, 1.165) is 10.9 Å². The fourth-order valence-corrected chi connectivity index (χ4v) is 3.13. The number of allylic oxidation sites excluding steroid dienone is 1. The molecule has 0 radical (unpaired) electrons. The number of benzene rings is 1. The molecule has 1 saturated carbocycles. The first-order valence-corrected chi connectivity index (χ1v) is 7.60. The average Bonchev–Trinajstić information content (AvgIpc) is 2.40. The molecule has 0 aliphatic heterocycles. The quantitative estimate of drug-likeness (QED) is 0.652. The van der Waals surface area contributed by atoms with Crippen LogP contribution in [0.3, 0.4) is 0 Å². The third kappa shape index (κ3) is 4.33. The normalized spacial score (nSPS) is 24.6. The van der Waals surface area contributed by atoms with E-state index in [1.165, 1.54) is 44.1 Å². The van der Waals surface area contributed by atoms with Gasteiger partial charge in [0.25, 0.3) is 0 Å². The Morgan fingerprint density at radius 1 is 1.06 bits per heavy atom. The van der Waals surface area contributed by atoms with Crippen LogP contribution in [0.15, 0.2) is 35.9 Å². The summed E-state index contributed by atoms with van der Waals surface area (Å²) < 4.78 is 0. The van der Waals surface area contributed by atoms with Crippen LogP contribution in [0.5, 0.6) is 0 Å². The average molecular weight is 283 g/mol. The predicted molar refractivity (Wildman–Crippen MR) is 80.2 cm³/mol. The van der Waals surface area contributed by atoms with Gasteiger partial charge in [-0.25, -0.2) is 0 Å². The van der Waals surface area contributed by atoms with Gasteiger partial charge in [0.2, 0.25) is 0 Å². The lowest BCUT2D eigenvalue weighted by molar-refractivity contribution is 0.296. The van der Waals surface area contributed by atoms with Crippen LogP contribution in [-0.2, 0) is 6.42 Å². The third-order valence-corrected chi connectivity index (χ3v) is 4.39. The van der Waals surface area contributed by atoms with Gasteiger partial charge in [-0.15, -0.1) is 0 Å². The van der Waals surface area contributed by atoms with Crippen molar-refractivity contribution in [3.05, 3.63) is 46.5 Å². The second kappa shape index (κ2) is 7.21. The van der Waals surface area contributed by atoms with E-state index >= 15 is 0 Å². The molecule has 0 bridgehead atoms. The second-order valence-corrected chi connectivity index (χ2v) is 5.95. The molecule has 0 unspecified atom stereocenters. The van der Waals surface area contributed by atoms with Crippen LogP contribution < -0.4 is 0 Å². The molecule has 0 amide bonds. The Morgan fingerprint density at radius 3 is 2.33 bits per heavy atom. The standard InChI is InChI=1S/C16H20Cl2/c17-12-11-15-5-3-13(4-6-15)1-2-14-7-9-16(18)10-8-14/h7-13,15H,1-6H2. The number of aryl methyl sites for hydroxylation is 1.